The largest absolute Gasteiger partial charge is 0.455 e. The van der Waals surface area contributed by atoms with Crippen molar-refractivity contribution in [3.8, 4) is 22.3 Å². The zero-order valence-electron chi connectivity index (χ0n) is 40.5. The Labute approximate surface area is 417 Å². The lowest BCUT2D eigenvalue weighted by molar-refractivity contribution is 0.660. The van der Waals surface area contributed by atoms with Gasteiger partial charge in [0, 0.05) is 77.3 Å². The van der Waals surface area contributed by atoms with Crippen LogP contribution in [0.4, 0.5) is 34.1 Å². The van der Waals surface area contributed by atoms with E-state index in [0.29, 0.717) is 0 Å². The first-order valence-corrected chi connectivity index (χ1v) is 25.1. The highest BCUT2D eigenvalue weighted by atomic mass is 16.3. The lowest BCUT2D eigenvalue weighted by Crippen LogP contribution is -2.15. The van der Waals surface area contributed by atoms with Gasteiger partial charge >= 0.3 is 0 Å². The zero-order valence-corrected chi connectivity index (χ0v) is 40.5. The fraction of sp³-hybridized carbons (Fsp3) is 0.0882. The van der Waals surface area contributed by atoms with Gasteiger partial charge in [0.25, 0.3) is 0 Å². The van der Waals surface area contributed by atoms with Crippen LogP contribution in [-0.2, 0) is 10.8 Å². The van der Waals surface area contributed by atoms with Crippen LogP contribution >= 0.6 is 0 Å². The highest BCUT2D eigenvalue weighted by molar-refractivity contribution is 6.30. The summed E-state index contributed by atoms with van der Waals surface area (Å²) < 4.78 is 13.8. The first-order chi connectivity index (χ1) is 35.2. The van der Waals surface area contributed by atoms with E-state index in [1.165, 1.54) is 44.5 Å². The minimum Gasteiger partial charge on any atom is -0.455 e. The average Bonchev–Trinajstić information content (AvgIpc) is 4.12. The Morgan fingerprint density at radius 1 is 0.292 bits per heavy atom. The lowest BCUT2D eigenvalue weighted by atomic mass is 9.82. The first-order valence-electron chi connectivity index (χ1n) is 25.1. The summed E-state index contributed by atoms with van der Waals surface area (Å²) >= 11 is 0. The SMILES string of the molecule is CC1(C)c2ccccc2-c2cc(N(c3ccccc3)c3ccc4c(ccc5c4oc4ccc6oc7c8ccc(N(c9ccccc9)c9ccc%10c(c9)-c9ccccc9C%10(C)C)cc8ccc7c6c45)c3)ccc21. The van der Waals surface area contributed by atoms with Gasteiger partial charge in [-0.2, -0.15) is 0 Å². The van der Waals surface area contributed by atoms with Crippen molar-refractivity contribution >= 4 is 99.5 Å². The van der Waals surface area contributed by atoms with E-state index in [4.69, 9.17) is 8.83 Å². The second kappa shape index (κ2) is 14.8. The molecule has 2 heterocycles. The lowest BCUT2D eigenvalue weighted by Gasteiger charge is -2.27. The Bertz CT molecular complexity index is 4120. The van der Waals surface area contributed by atoms with Gasteiger partial charge < -0.3 is 18.6 Å². The van der Waals surface area contributed by atoms with Crippen molar-refractivity contribution in [2.75, 3.05) is 9.80 Å². The van der Waals surface area contributed by atoms with Gasteiger partial charge in [-0.15, -0.1) is 0 Å². The Morgan fingerprint density at radius 2 is 0.653 bits per heavy atom. The van der Waals surface area contributed by atoms with Crippen LogP contribution in [0.15, 0.2) is 227 Å². The van der Waals surface area contributed by atoms with E-state index in [0.717, 1.165) is 99.5 Å². The molecule has 72 heavy (non-hydrogen) atoms. The number of rotatable bonds is 6. The van der Waals surface area contributed by atoms with Crippen molar-refractivity contribution in [2.24, 2.45) is 0 Å². The molecule has 4 heteroatoms. The molecule has 15 rings (SSSR count). The molecule has 11 aromatic carbocycles. The number of furan rings is 2. The molecule has 0 unspecified atom stereocenters. The van der Waals surface area contributed by atoms with Crippen LogP contribution in [-0.4, -0.2) is 0 Å². The molecule has 0 radical (unpaired) electrons. The fourth-order valence-corrected chi connectivity index (χ4v) is 12.7. The first kappa shape index (κ1) is 41.0. The Hall–Kier alpha value is -8.86. The third-order valence-corrected chi connectivity index (χ3v) is 16.2. The van der Waals surface area contributed by atoms with E-state index in [9.17, 15) is 0 Å². The van der Waals surface area contributed by atoms with E-state index in [-0.39, 0.29) is 10.8 Å². The Balaban J connectivity index is 0.837. The molecule has 0 spiro atoms. The monoisotopic (exact) mass is 924 g/mol. The van der Waals surface area contributed by atoms with Crippen molar-refractivity contribution in [1.82, 2.24) is 0 Å². The highest BCUT2D eigenvalue weighted by Gasteiger charge is 2.37. The van der Waals surface area contributed by atoms with Crippen molar-refractivity contribution in [2.45, 2.75) is 38.5 Å². The molecule has 2 aromatic heterocycles. The van der Waals surface area contributed by atoms with Gasteiger partial charge in [0.1, 0.15) is 22.3 Å². The summed E-state index contributed by atoms with van der Waals surface area (Å²) in [6.07, 6.45) is 0. The van der Waals surface area contributed by atoms with Crippen molar-refractivity contribution < 1.29 is 8.83 Å². The summed E-state index contributed by atoms with van der Waals surface area (Å²) in [4.78, 5) is 4.74. The maximum atomic E-state index is 6.88. The minimum absolute atomic E-state index is 0.0589. The molecule has 0 N–H and O–H groups in total. The molecule has 4 nitrogen and oxygen atoms in total. The predicted molar refractivity (Wildman–Crippen MR) is 301 cm³/mol. The summed E-state index contributed by atoms with van der Waals surface area (Å²) in [6, 6.07) is 79.7. The van der Waals surface area contributed by atoms with E-state index >= 15 is 0 Å². The van der Waals surface area contributed by atoms with E-state index in [1.807, 2.05) is 0 Å². The number of hydrogen-bond acceptors (Lipinski definition) is 4. The van der Waals surface area contributed by atoms with Crippen LogP contribution in [0.5, 0.6) is 0 Å². The van der Waals surface area contributed by atoms with Crippen molar-refractivity contribution in [3.05, 3.63) is 241 Å². The van der Waals surface area contributed by atoms with Gasteiger partial charge in [-0.05, 0) is 164 Å². The van der Waals surface area contributed by atoms with E-state index in [1.54, 1.807) is 0 Å². The molecule has 0 fully saturated rings. The van der Waals surface area contributed by atoms with E-state index in [2.05, 4.69) is 256 Å². The summed E-state index contributed by atoms with van der Waals surface area (Å²) in [5.41, 5.74) is 20.7. The van der Waals surface area contributed by atoms with Crippen LogP contribution < -0.4 is 9.80 Å². The molecule has 342 valence electrons. The molecule has 13 aromatic rings. The smallest absolute Gasteiger partial charge is 0.143 e. The van der Waals surface area contributed by atoms with Crippen LogP contribution in [0.3, 0.4) is 0 Å². The predicted octanol–water partition coefficient (Wildman–Crippen LogP) is 19.3. The quantitative estimate of drug-likeness (QED) is 0.166. The number of benzene rings is 11. The van der Waals surface area contributed by atoms with Crippen molar-refractivity contribution in [1.29, 1.82) is 0 Å². The fourth-order valence-electron chi connectivity index (χ4n) is 12.7. The molecule has 2 aliphatic rings. The molecular formula is C68H48N2O2. The molecule has 0 atom stereocenters. The highest BCUT2D eigenvalue weighted by Crippen LogP contribution is 2.53. The molecule has 0 amide bonds. The average molecular weight is 925 g/mol. The van der Waals surface area contributed by atoms with Crippen LogP contribution in [0.25, 0.3) is 87.7 Å². The standard InChI is InChI=1S/C68H48N2O2/c1-67(2)57-21-13-11-19-51(57)55-39-47(27-33-59(55)67)69(43-15-7-5-8-16-43)45-25-31-49-41(37-45)23-29-53-63-61(71-65(49)53)35-36-62-64(63)54-30-24-42-38-46(26-32-50(42)66(54)72-62)70(44-17-9-6-10-18-44)48-28-34-60-56(40-48)52-20-12-14-22-58(52)68(60,3)4/h5-40H,1-4H3. The molecule has 0 saturated heterocycles. The van der Waals surface area contributed by atoms with Crippen LogP contribution in [0, 0.1) is 0 Å². The van der Waals surface area contributed by atoms with Gasteiger partial charge in [0.15, 0.2) is 0 Å². The maximum absolute atomic E-state index is 6.88. The third-order valence-electron chi connectivity index (χ3n) is 16.2. The zero-order chi connectivity index (χ0) is 48.0. The normalized spacial score (nSPS) is 14.1. The maximum Gasteiger partial charge on any atom is 0.143 e. The van der Waals surface area contributed by atoms with Gasteiger partial charge in [0.2, 0.25) is 0 Å². The Morgan fingerprint density at radius 3 is 1.10 bits per heavy atom. The molecule has 0 bridgehead atoms. The van der Waals surface area contributed by atoms with Crippen molar-refractivity contribution in [3.63, 3.8) is 0 Å². The second-order valence-electron chi connectivity index (χ2n) is 20.9. The Kier molecular flexibility index (Phi) is 8.44. The van der Waals surface area contributed by atoms with Crippen LogP contribution in [0.1, 0.15) is 49.9 Å². The number of anilines is 6. The van der Waals surface area contributed by atoms with Gasteiger partial charge in [-0.3, -0.25) is 0 Å². The molecular weight excluding hydrogens is 877 g/mol. The topological polar surface area (TPSA) is 32.8 Å². The summed E-state index contributed by atoms with van der Waals surface area (Å²) in [6.45, 7) is 9.34. The number of para-hydroxylation sites is 2. The van der Waals surface area contributed by atoms with Gasteiger partial charge in [0.05, 0.1) is 0 Å². The van der Waals surface area contributed by atoms with E-state index < -0.39 is 0 Å². The molecule has 2 aliphatic carbocycles. The summed E-state index contributed by atoms with van der Waals surface area (Å²) in [7, 11) is 0. The third kappa shape index (κ3) is 5.75. The summed E-state index contributed by atoms with van der Waals surface area (Å²) in [5, 5.41) is 8.67. The number of hydrogen-bond donors (Lipinski definition) is 0. The minimum atomic E-state index is -0.0589. The van der Waals surface area contributed by atoms with Gasteiger partial charge in [-0.25, -0.2) is 0 Å². The van der Waals surface area contributed by atoms with Gasteiger partial charge in [-0.1, -0.05) is 137 Å². The molecule has 0 saturated carbocycles. The number of fused-ring (bicyclic) bond motifs is 17. The number of nitrogens with zero attached hydrogens (tertiary/aromatic N) is 2. The second-order valence-corrected chi connectivity index (χ2v) is 20.9. The van der Waals surface area contributed by atoms with Crippen LogP contribution in [0.2, 0.25) is 0 Å². The molecule has 0 aliphatic heterocycles. The summed E-state index contributed by atoms with van der Waals surface area (Å²) in [5.74, 6) is 0.